The van der Waals surface area contributed by atoms with Gasteiger partial charge in [-0.15, -0.1) is 0 Å². The lowest BCUT2D eigenvalue weighted by atomic mass is 10.0. The zero-order valence-electron chi connectivity index (χ0n) is 12.7. The summed E-state index contributed by atoms with van der Waals surface area (Å²) in [5.41, 5.74) is 0. The molecule has 2 fully saturated rings. The largest absolute Gasteiger partial charge is 0.381 e. The van der Waals surface area contributed by atoms with Crippen molar-refractivity contribution in [2.45, 2.75) is 38.1 Å². The Morgan fingerprint density at radius 3 is 2.71 bits per heavy atom. The van der Waals surface area contributed by atoms with Gasteiger partial charge in [0.2, 0.25) is 5.95 Å². The van der Waals surface area contributed by atoms with Crippen LogP contribution in [0, 0.1) is 5.92 Å². The van der Waals surface area contributed by atoms with Crippen LogP contribution in [0.5, 0.6) is 0 Å². The summed E-state index contributed by atoms with van der Waals surface area (Å²) in [5.74, 6) is 1.68. The van der Waals surface area contributed by atoms with E-state index in [-0.39, 0.29) is 0 Å². The minimum atomic E-state index is 0.657. The Morgan fingerprint density at radius 2 is 2.00 bits per heavy atom. The predicted octanol–water partition coefficient (Wildman–Crippen LogP) is 1.85. The minimum absolute atomic E-state index is 0.657. The number of aromatic nitrogens is 2. The zero-order valence-corrected chi connectivity index (χ0v) is 12.7. The van der Waals surface area contributed by atoms with Crippen LogP contribution < -0.4 is 10.2 Å². The molecular weight excluding hydrogens is 264 g/mol. The monoisotopic (exact) mass is 290 g/mol. The van der Waals surface area contributed by atoms with Crippen molar-refractivity contribution in [3.63, 3.8) is 0 Å². The summed E-state index contributed by atoms with van der Waals surface area (Å²) in [6, 6.07) is 2.53. The Balaban J connectivity index is 1.30. The summed E-state index contributed by atoms with van der Waals surface area (Å²) in [7, 11) is 0. The Bertz CT molecular complexity index is 400. The molecule has 2 aliphatic heterocycles. The van der Waals surface area contributed by atoms with E-state index in [1.54, 1.807) is 0 Å². The van der Waals surface area contributed by atoms with E-state index in [2.05, 4.69) is 20.2 Å². The molecule has 0 spiro atoms. The normalized spacial score (nSPS) is 23.6. The molecule has 21 heavy (non-hydrogen) atoms. The van der Waals surface area contributed by atoms with Crippen molar-refractivity contribution in [2.24, 2.45) is 5.92 Å². The molecule has 0 aliphatic carbocycles. The highest BCUT2D eigenvalue weighted by Gasteiger charge is 2.20. The number of hydrogen-bond acceptors (Lipinski definition) is 5. The molecule has 0 bridgehead atoms. The third-order valence-corrected chi connectivity index (χ3v) is 4.58. The minimum Gasteiger partial charge on any atom is -0.381 e. The van der Waals surface area contributed by atoms with Crippen LogP contribution in [0.4, 0.5) is 5.95 Å². The molecule has 2 aliphatic rings. The van der Waals surface area contributed by atoms with E-state index in [0.29, 0.717) is 6.04 Å². The first-order valence-corrected chi connectivity index (χ1v) is 8.25. The Morgan fingerprint density at radius 1 is 1.19 bits per heavy atom. The van der Waals surface area contributed by atoms with Crippen LogP contribution in [0.2, 0.25) is 0 Å². The summed E-state index contributed by atoms with van der Waals surface area (Å²) in [6.45, 7) is 5.20. The van der Waals surface area contributed by atoms with Gasteiger partial charge in [-0.1, -0.05) is 0 Å². The van der Waals surface area contributed by atoms with Gasteiger partial charge in [0, 0.05) is 44.7 Å². The maximum Gasteiger partial charge on any atom is 0.225 e. The summed E-state index contributed by atoms with van der Waals surface area (Å²) >= 11 is 0. The van der Waals surface area contributed by atoms with Crippen molar-refractivity contribution in [2.75, 3.05) is 37.7 Å². The molecule has 1 N–H and O–H groups in total. The zero-order chi connectivity index (χ0) is 14.3. The lowest BCUT2D eigenvalue weighted by molar-refractivity contribution is 0.183. The van der Waals surface area contributed by atoms with Gasteiger partial charge in [-0.25, -0.2) is 9.97 Å². The van der Waals surface area contributed by atoms with E-state index >= 15 is 0 Å². The summed E-state index contributed by atoms with van der Waals surface area (Å²) in [4.78, 5) is 10.9. The summed E-state index contributed by atoms with van der Waals surface area (Å²) < 4.78 is 5.42. The van der Waals surface area contributed by atoms with Crippen LogP contribution in [0.1, 0.15) is 32.1 Å². The molecule has 0 amide bonds. The van der Waals surface area contributed by atoms with Gasteiger partial charge in [0.25, 0.3) is 0 Å². The van der Waals surface area contributed by atoms with Crippen LogP contribution >= 0.6 is 0 Å². The second kappa shape index (κ2) is 7.71. The molecule has 1 atom stereocenters. The number of nitrogens with one attached hydrogen (secondary N) is 1. The number of anilines is 1. The van der Waals surface area contributed by atoms with Crippen LogP contribution in [0.15, 0.2) is 18.5 Å². The van der Waals surface area contributed by atoms with E-state index in [9.17, 15) is 0 Å². The van der Waals surface area contributed by atoms with E-state index in [1.807, 2.05) is 18.5 Å². The van der Waals surface area contributed by atoms with Crippen LogP contribution in [0.3, 0.4) is 0 Å². The highest BCUT2D eigenvalue weighted by molar-refractivity contribution is 5.29. The molecule has 3 rings (SSSR count). The van der Waals surface area contributed by atoms with Crippen molar-refractivity contribution in [1.82, 2.24) is 15.3 Å². The molecule has 1 aromatic heterocycles. The van der Waals surface area contributed by atoms with Crippen LogP contribution in [0.25, 0.3) is 0 Å². The fourth-order valence-electron chi connectivity index (χ4n) is 3.25. The summed E-state index contributed by atoms with van der Waals surface area (Å²) in [6.07, 6.45) is 9.85. The van der Waals surface area contributed by atoms with Gasteiger partial charge in [-0.05, 0) is 50.6 Å². The number of hydrogen-bond donors (Lipinski definition) is 1. The second-order valence-electron chi connectivity index (χ2n) is 6.14. The standard InChI is InChI=1S/C16H26N4O/c1(3-14-6-12-21-13-14)7-17-15-4-10-20(11-5-15)16-18-8-2-9-19-16/h2,8-9,14-15,17H,1,3-7,10-13H2/t14-/m1/s1. The van der Waals surface area contributed by atoms with Gasteiger partial charge in [-0.3, -0.25) is 0 Å². The van der Waals surface area contributed by atoms with E-state index in [0.717, 1.165) is 44.7 Å². The molecule has 0 saturated carbocycles. The first-order valence-electron chi connectivity index (χ1n) is 8.25. The van der Waals surface area contributed by atoms with E-state index in [1.165, 1.54) is 32.1 Å². The molecular formula is C16H26N4O. The molecule has 1 aromatic rings. The average molecular weight is 290 g/mol. The lowest BCUT2D eigenvalue weighted by Gasteiger charge is -2.32. The Kier molecular flexibility index (Phi) is 5.40. The maximum absolute atomic E-state index is 5.42. The molecule has 5 nitrogen and oxygen atoms in total. The first kappa shape index (κ1) is 14.7. The number of piperidine rings is 1. The smallest absolute Gasteiger partial charge is 0.225 e. The summed E-state index contributed by atoms with van der Waals surface area (Å²) in [5, 5.41) is 3.71. The molecule has 116 valence electrons. The highest BCUT2D eigenvalue weighted by atomic mass is 16.5. The average Bonchev–Trinajstić information content (AvgIpc) is 3.06. The van der Waals surface area contributed by atoms with Crippen LogP contribution in [-0.2, 0) is 4.74 Å². The number of rotatable bonds is 6. The molecule has 5 heteroatoms. The Hall–Kier alpha value is -1.20. The molecule has 2 saturated heterocycles. The van der Waals surface area contributed by atoms with Crippen molar-refractivity contribution < 1.29 is 4.74 Å². The van der Waals surface area contributed by atoms with Gasteiger partial charge in [0.05, 0.1) is 0 Å². The lowest BCUT2D eigenvalue weighted by Crippen LogP contribution is -2.43. The molecule has 0 radical (unpaired) electrons. The first-order chi connectivity index (χ1) is 10.4. The second-order valence-corrected chi connectivity index (χ2v) is 6.14. The van der Waals surface area contributed by atoms with Crippen molar-refractivity contribution in [3.8, 4) is 0 Å². The molecule has 0 aromatic carbocycles. The van der Waals surface area contributed by atoms with Crippen LogP contribution in [-0.4, -0.2) is 48.9 Å². The quantitative estimate of drug-likeness (QED) is 0.810. The van der Waals surface area contributed by atoms with Gasteiger partial charge >= 0.3 is 0 Å². The van der Waals surface area contributed by atoms with Crippen molar-refractivity contribution in [1.29, 1.82) is 0 Å². The number of nitrogens with zero attached hydrogens (tertiary/aromatic N) is 3. The van der Waals surface area contributed by atoms with E-state index in [4.69, 9.17) is 4.74 Å². The fourth-order valence-corrected chi connectivity index (χ4v) is 3.25. The van der Waals surface area contributed by atoms with Gasteiger partial charge in [0.15, 0.2) is 0 Å². The molecule has 3 heterocycles. The predicted molar refractivity (Wildman–Crippen MR) is 83.4 cm³/mol. The van der Waals surface area contributed by atoms with Crippen molar-refractivity contribution >= 4 is 5.95 Å². The maximum atomic E-state index is 5.42. The number of ether oxygens (including phenoxy) is 1. The van der Waals surface area contributed by atoms with Crippen molar-refractivity contribution in [3.05, 3.63) is 18.5 Å². The van der Waals surface area contributed by atoms with Gasteiger partial charge in [0.1, 0.15) is 0 Å². The SMILES string of the molecule is c1cnc(N2CCC(NCCC[C@@H]3CCOC3)CC2)nc1. The van der Waals surface area contributed by atoms with E-state index < -0.39 is 0 Å². The molecule has 0 unspecified atom stereocenters. The fraction of sp³-hybridized carbons (Fsp3) is 0.750. The van der Waals surface area contributed by atoms with Gasteiger partial charge in [-0.2, -0.15) is 0 Å². The highest BCUT2D eigenvalue weighted by Crippen LogP contribution is 2.18. The van der Waals surface area contributed by atoms with Gasteiger partial charge < -0.3 is 15.0 Å². The third kappa shape index (κ3) is 4.38. The Labute approximate surface area is 127 Å². The third-order valence-electron chi connectivity index (χ3n) is 4.58. The topological polar surface area (TPSA) is 50.3 Å².